The Morgan fingerprint density at radius 1 is 1.38 bits per heavy atom. The van der Waals surface area contributed by atoms with Crippen LogP contribution in [0.3, 0.4) is 0 Å². The Kier molecular flexibility index (Phi) is 3.74. The molecule has 1 saturated heterocycles. The first-order chi connectivity index (χ1) is 7.75. The van der Waals surface area contributed by atoms with Gasteiger partial charge in [-0.3, -0.25) is 10.2 Å². The number of halogens is 1. The third kappa shape index (κ3) is 2.93. The molecule has 0 unspecified atom stereocenters. The Morgan fingerprint density at radius 3 is 2.81 bits per heavy atom. The summed E-state index contributed by atoms with van der Waals surface area (Å²) in [5.74, 6) is -0.119. The second-order valence-corrected chi connectivity index (χ2v) is 4.24. The van der Waals surface area contributed by atoms with Crippen LogP contribution < -0.4 is 5.43 Å². The maximum absolute atomic E-state index is 11.8. The number of carbonyl (C=O) groups excluding carboxylic acids is 1. The average Bonchev–Trinajstić information content (AvgIpc) is 2.30. The zero-order valence-electron chi connectivity index (χ0n) is 8.95. The molecule has 0 radical (unpaired) electrons. The van der Waals surface area contributed by atoms with Crippen LogP contribution >= 0.6 is 11.6 Å². The molecule has 0 bridgehead atoms. The van der Waals surface area contributed by atoms with Crippen LogP contribution in [0.15, 0.2) is 18.3 Å². The van der Waals surface area contributed by atoms with Gasteiger partial charge in [-0.05, 0) is 25.0 Å². The number of nitrogens with one attached hydrogen (secondary N) is 1. The number of hydrazine groups is 1. The highest BCUT2D eigenvalue weighted by Crippen LogP contribution is 2.09. The Hall–Kier alpha value is -1.13. The van der Waals surface area contributed by atoms with Crippen molar-refractivity contribution in [3.05, 3.63) is 29.0 Å². The lowest BCUT2D eigenvalue weighted by atomic mass is 10.2. The smallest absolute Gasteiger partial charge is 0.265 e. The van der Waals surface area contributed by atoms with E-state index in [2.05, 4.69) is 10.4 Å². The van der Waals surface area contributed by atoms with Crippen LogP contribution in [0.1, 0.15) is 29.6 Å². The molecule has 1 aromatic heterocycles. The average molecular weight is 240 g/mol. The van der Waals surface area contributed by atoms with Crippen LogP contribution in [0.25, 0.3) is 0 Å². The molecule has 1 aliphatic heterocycles. The van der Waals surface area contributed by atoms with Crippen molar-refractivity contribution >= 4 is 17.5 Å². The molecule has 4 nitrogen and oxygen atoms in total. The first-order valence-electron chi connectivity index (χ1n) is 5.43. The van der Waals surface area contributed by atoms with E-state index in [-0.39, 0.29) is 5.91 Å². The molecule has 0 atom stereocenters. The summed E-state index contributed by atoms with van der Waals surface area (Å²) in [4.78, 5) is 15.7. The summed E-state index contributed by atoms with van der Waals surface area (Å²) in [5, 5.41) is 2.30. The molecule has 1 N–H and O–H groups in total. The molecule has 0 aromatic carbocycles. The van der Waals surface area contributed by atoms with Crippen molar-refractivity contribution in [1.82, 2.24) is 15.4 Å². The van der Waals surface area contributed by atoms with Gasteiger partial charge >= 0.3 is 0 Å². The van der Waals surface area contributed by atoms with Gasteiger partial charge in [-0.1, -0.05) is 18.0 Å². The van der Waals surface area contributed by atoms with Crippen molar-refractivity contribution < 1.29 is 4.79 Å². The molecule has 1 fully saturated rings. The van der Waals surface area contributed by atoms with Gasteiger partial charge in [-0.15, -0.1) is 0 Å². The third-order valence-corrected chi connectivity index (χ3v) is 2.81. The van der Waals surface area contributed by atoms with E-state index in [0.717, 1.165) is 25.9 Å². The number of carbonyl (C=O) groups is 1. The van der Waals surface area contributed by atoms with Gasteiger partial charge in [0.25, 0.3) is 5.91 Å². The molecule has 0 saturated carbocycles. The lowest BCUT2D eigenvalue weighted by molar-refractivity contribution is 0.0750. The maximum Gasteiger partial charge on any atom is 0.265 e. The zero-order chi connectivity index (χ0) is 11.4. The summed E-state index contributed by atoms with van der Waals surface area (Å²) in [6.07, 6.45) is 5.05. The molecular formula is C11H14ClN3O. The Balaban J connectivity index is 1.97. The summed E-state index contributed by atoms with van der Waals surface area (Å²) < 4.78 is 0. The van der Waals surface area contributed by atoms with E-state index < -0.39 is 0 Å². The van der Waals surface area contributed by atoms with Gasteiger partial charge in [0.1, 0.15) is 5.15 Å². The van der Waals surface area contributed by atoms with Gasteiger partial charge in [0.05, 0.1) is 0 Å². The van der Waals surface area contributed by atoms with Crippen LogP contribution in [0, 0.1) is 0 Å². The van der Waals surface area contributed by atoms with Gasteiger partial charge in [0.15, 0.2) is 0 Å². The summed E-state index contributed by atoms with van der Waals surface area (Å²) in [6.45, 7) is 1.84. The SMILES string of the molecule is O=C(NN1CCCCC1)c1ccnc(Cl)c1. The van der Waals surface area contributed by atoms with E-state index >= 15 is 0 Å². The number of rotatable bonds is 2. The number of pyridine rings is 1. The predicted molar refractivity (Wildman–Crippen MR) is 62.1 cm³/mol. The number of hydrogen-bond acceptors (Lipinski definition) is 3. The summed E-state index contributed by atoms with van der Waals surface area (Å²) in [5.41, 5.74) is 3.42. The molecule has 16 heavy (non-hydrogen) atoms. The van der Waals surface area contributed by atoms with Gasteiger partial charge in [-0.2, -0.15) is 0 Å². The van der Waals surface area contributed by atoms with Crippen molar-refractivity contribution in [3.63, 3.8) is 0 Å². The summed E-state index contributed by atoms with van der Waals surface area (Å²) >= 11 is 5.73. The number of amides is 1. The monoisotopic (exact) mass is 239 g/mol. The van der Waals surface area contributed by atoms with Crippen molar-refractivity contribution in [1.29, 1.82) is 0 Å². The van der Waals surface area contributed by atoms with Crippen LogP contribution in [-0.4, -0.2) is 29.0 Å². The fourth-order valence-electron chi connectivity index (χ4n) is 1.76. The molecule has 0 aliphatic carbocycles. The fourth-order valence-corrected chi connectivity index (χ4v) is 1.93. The summed E-state index contributed by atoms with van der Waals surface area (Å²) in [6, 6.07) is 3.23. The Labute approximate surface area is 99.6 Å². The third-order valence-electron chi connectivity index (χ3n) is 2.60. The number of hydrogen-bond donors (Lipinski definition) is 1. The number of aromatic nitrogens is 1. The first-order valence-corrected chi connectivity index (χ1v) is 5.81. The summed E-state index contributed by atoms with van der Waals surface area (Å²) in [7, 11) is 0. The maximum atomic E-state index is 11.8. The molecule has 5 heteroatoms. The highest BCUT2D eigenvalue weighted by atomic mass is 35.5. The second-order valence-electron chi connectivity index (χ2n) is 3.86. The second kappa shape index (κ2) is 5.27. The molecule has 0 spiro atoms. The molecular weight excluding hydrogens is 226 g/mol. The zero-order valence-corrected chi connectivity index (χ0v) is 9.70. The molecule has 1 aliphatic rings. The van der Waals surface area contributed by atoms with E-state index in [1.54, 1.807) is 12.1 Å². The van der Waals surface area contributed by atoms with E-state index in [1.807, 2.05) is 5.01 Å². The topological polar surface area (TPSA) is 45.2 Å². The number of nitrogens with zero attached hydrogens (tertiary/aromatic N) is 2. The van der Waals surface area contributed by atoms with Crippen molar-refractivity contribution in [3.8, 4) is 0 Å². The van der Waals surface area contributed by atoms with E-state index in [4.69, 9.17) is 11.6 Å². The van der Waals surface area contributed by atoms with Crippen LogP contribution in [0.2, 0.25) is 5.15 Å². The minimum atomic E-state index is -0.119. The van der Waals surface area contributed by atoms with Gasteiger partial charge in [0.2, 0.25) is 0 Å². The highest BCUT2D eigenvalue weighted by Gasteiger charge is 2.14. The fraction of sp³-hybridized carbons (Fsp3) is 0.455. The molecule has 1 amide bonds. The van der Waals surface area contributed by atoms with E-state index in [1.165, 1.54) is 12.6 Å². The Bertz CT molecular complexity index is 377. The van der Waals surface area contributed by atoms with Crippen molar-refractivity contribution in [2.24, 2.45) is 0 Å². The number of piperidine rings is 1. The quantitative estimate of drug-likeness (QED) is 0.802. The highest BCUT2D eigenvalue weighted by molar-refractivity contribution is 6.29. The van der Waals surface area contributed by atoms with Crippen molar-refractivity contribution in [2.75, 3.05) is 13.1 Å². The van der Waals surface area contributed by atoms with E-state index in [0.29, 0.717) is 10.7 Å². The normalized spacial score (nSPS) is 17.1. The molecule has 86 valence electrons. The predicted octanol–water partition coefficient (Wildman–Crippen LogP) is 1.87. The van der Waals surface area contributed by atoms with Crippen LogP contribution in [0.5, 0.6) is 0 Å². The van der Waals surface area contributed by atoms with Gasteiger partial charge in [-0.25, -0.2) is 9.99 Å². The minimum absolute atomic E-state index is 0.119. The van der Waals surface area contributed by atoms with Crippen LogP contribution in [0.4, 0.5) is 0 Å². The first kappa shape index (κ1) is 11.4. The van der Waals surface area contributed by atoms with Gasteiger partial charge in [0, 0.05) is 24.8 Å². The lowest BCUT2D eigenvalue weighted by Gasteiger charge is -2.26. The standard InChI is InChI=1S/C11H14ClN3O/c12-10-8-9(4-5-13-10)11(16)14-15-6-2-1-3-7-15/h4-5,8H,1-3,6-7H2,(H,14,16). The lowest BCUT2D eigenvalue weighted by Crippen LogP contribution is -2.45. The van der Waals surface area contributed by atoms with Crippen molar-refractivity contribution in [2.45, 2.75) is 19.3 Å². The Morgan fingerprint density at radius 2 is 2.12 bits per heavy atom. The van der Waals surface area contributed by atoms with Crippen LogP contribution in [-0.2, 0) is 0 Å². The van der Waals surface area contributed by atoms with E-state index in [9.17, 15) is 4.79 Å². The van der Waals surface area contributed by atoms with Gasteiger partial charge < -0.3 is 0 Å². The molecule has 1 aromatic rings. The minimum Gasteiger partial charge on any atom is -0.285 e. The largest absolute Gasteiger partial charge is 0.285 e. The molecule has 2 rings (SSSR count). The molecule has 2 heterocycles.